The van der Waals surface area contributed by atoms with Gasteiger partial charge >= 0.3 is 9.28 Å². The van der Waals surface area contributed by atoms with Gasteiger partial charge in [0.1, 0.15) is 0 Å². The lowest BCUT2D eigenvalue weighted by Crippen LogP contribution is -2.19. The van der Waals surface area contributed by atoms with Crippen molar-refractivity contribution in [2.24, 2.45) is 5.73 Å². The molecule has 0 aromatic heterocycles. The average Bonchev–Trinajstić information content (AvgIpc) is 1.91. The van der Waals surface area contributed by atoms with Gasteiger partial charge in [0.25, 0.3) is 0 Å². The molecule has 0 aromatic carbocycles. The SMILES string of the molecule is CO[SiH](CCCN)OC.Cl. The summed E-state index contributed by atoms with van der Waals surface area (Å²) < 4.78 is 10.1. The maximum Gasteiger partial charge on any atom is 0.320 e. The van der Waals surface area contributed by atoms with E-state index in [4.69, 9.17) is 14.6 Å². The van der Waals surface area contributed by atoms with E-state index in [2.05, 4.69) is 0 Å². The Morgan fingerprint density at radius 3 is 2.10 bits per heavy atom. The van der Waals surface area contributed by atoms with E-state index >= 15 is 0 Å². The van der Waals surface area contributed by atoms with Gasteiger partial charge in [0.2, 0.25) is 0 Å². The van der Waals surface area contributed by atoms with E-state index in [0.717, 1.165) is 19.0 Å². The van der Waals surface area contributed by atoms with Gasteiger partial charge in [-0.1, -0.05) is 0 Å². The molecule has 64 valence electrons. The standard InChI is InChI=1S/C5H15NO2Si.ClH/c1-7-9(8-2)5-3-4-6;/h9H,3-6H2,1-2H3;1H. The normalized spacial score (nSPS) is 9.60. The van der Waals surface area contributed by atoms with Crippen LogP contribution >= 0.6 is 12.4 Å². The lowest BCUT2D eigenvalue weighted by Gasteiger charge is -2.08. The van der Waals surface area contributed by atoms with Gasteiger partial charge in [0.05, 0.1) is 0 Å². The first-order valence-corrected chi connectivity index (χ1v) is 4.86. The van der Waals surface area contributed by atoms with Crippen molar-refractivity contribution in [3.8, 4) is 0 Å². The second-order valence-electron chi connectivity index (χ2n) is 1.83. The Labute approximate surface area is 70.1 Å². The van der Waals surface area contributed by atoms with Crippen molar-refractivity contribution in [1.82, 2.24) is 0 Å². The van der Waals surface area contributed by atoms with Crippen LogP contribution in [0.25, 0.3) is 0 Å². The van der Waals surface area contributed by atoms with Gasteiger partial charge in [-0.05, 0) is 19.0 Å². The van der Waals surface area contributed by atoms with Crippen LogP contribution in [0.3, 0.4) is 0 Å². The topological polar surface area (TPSA) is 44.5 Å². The summed E-state index contributed by atoms with van der Waals surface area (Å²) in [6.07, 6.45) is 1.01. The Hall–Kier alpha value is 0.387. The fourth-order valence-corrected chi connectivity index (χ4v) is 1.85. The van der Waals surface area contributed by atoms with Crippen molar-refractivity contribution in [2.45, 2.75) is 12.5 Å². The molecule has 0 rings (SSSR count). The fourth-order valence-electron chi connectivity index (χ4n) is 0.616. The lowest BCUT2D eigenvalue weighted by molar-refractivity contribution is 0.277. The van der Waals surface area contributed by atoms with Crippen LogP contribution in [-0.4, -0.2) is 30.0 Å². The van der Waals surface area contributed by atoms with Crippen LogP contribution in [0.15, 0.2) is 0 Å². The number of rotatable bonds is 5. The molecule has 0 amide bonds. The minimum atomic E-state index is -1.29. The molecule has 0 radical (unpaired) electrons. The van der Waals surface area contributed by atoms with Crippen LogP contribution in [-0.2, 0) is 8.85 Å². The average molecular weight is 186 g/mol. The van der Waals surface area contributed by atoms with Crippen LogP contribution in [0.4, 0.5) is 0 Å². The zero-order valence-corrected chi connectivity index (χ0v) is 8.47. The van der Waals surface area contributed by atoms with Gasteiger partial charge in [-0.15, -0.1) is 12.4 Å². The number of hydrogen-bond acceptors (Lipinski definition) is 3. The Kier molecular flexibility index (Phi) is 12.2. The Morgan fingerprint density at radius 1 is 1.30 bits per heavy atom. The van der Waals surface area contributed by atoms with Crippen molar-refractivity contribution in [3.05, 3.63) is 0 Å². The zero-order valence-electron chi connectivity index (χ0n) is 6.50. The van der Waals surface area contributed by atoms with E-state index in [1.54, 1.807) is 14.2 Å². The van der Waals surface area contributed by atoms with Gasteiger partial charge in [-0.3, -0.25) is 0 Å². The summed E-state index contributed by atoms with van der Waals surface area (Å²) in [5.74, 6) is 0. The van der Waals surface area contributed by atoms with E-state index in [9.17, 15) is 0 Å². The van der Waals surface area contributed by atoms with Crippen LogP contribution in [0.2, 0.25) is 6.04 Å². The summed E-state index contributed by atoms with van der Waals surface area (Å²) in [5, 5.41) is 0. The van der Waals surface area contributed by atoms with Crippen LogP contribution in [0.1, 0.15) is 6.42 Å². The summed E-state index contributed by atoms with van der Waals surface area (Å²) in [7, 11) is 2.09. The molecule has 0 bridgehead atoms. The lowest BCUT2D eigenvalue weighted by atomic mass is 10.5. The predicted molar refractivity (Wildman–Crippen MR) is 46.9 cm³/mol. The molecule has 5 heteroatoms. The monoisotopic (exact) mass is 185 g/mol. The molecule has 0 aliphatic rings. The van der Waals surface area contributed by atoms with Crippen molar-refractivity contribution in [2.75, 3.05) is 20.8 Å². The van der Waals surface area contributed by atoms with Crippen LogP contribution < -0.4 is 5.73 Å². The third kappa shape index (κ3) is 6.51. The summed E-state index contributed by atoms with van der Waals surface area (Å²) in [6.45, 7) is 0.732. The molecule has 2 N–H and O–H groups in total. The minimum absolute atomic E-state index is 0. The second kappa shape index (κ2) is 9.39. The van der Waals surface area contributed by atoms with Crippen LogP contribution in [0.5, 0.6) is 0 Å². The van der Waals surface area contributed by atoms with Crippen molar-refractivity contribution in [3.63, 3.8) is 0 Å². The third-order valence-electron chi connectivity index (χ3n) is 1.17. The zero-order chi connectivity index (χ0) is 7.11. The maximum absolute atomic E-state index is 5.30. The van der Waals surface area contributed by atoms with Gasteiger partial charge in [0, 0.05) is 14.2 Å². The molecule has 0 atom stereocenters. The molecule has 10 heavy (non-hydrogen) atoms. The predicted octanol–water partition coefficient (Wildman–Crippen LogP) is 0.270. The smallest absolute Gasteiger partial charge is 0.320 e. The molecule has 0 saturated carbocycles. The summed E-state index contributed by atoms with van der Waals surface area (Å²) in [5.41, 5.74) is 5.30. The third-order valence-corrected chi connectivity index (χ3v) is 3.10. The van der Waals surface area contributed by atoms with Crippen molar-refractivity contribution >= 4 is 21.7 Å². The first-order chi connectivity index (χ1) is 4.35. The number of hydrogen-bond donors (Lipinski definition) is 1. The van der Waals surface area contributed by atoms with E-state index in [1.165, 1.54) is 0 Å². The van der Waals surface area contributed by atoms with Crippen molar-refractivity contribution < 1.29 is 8.85 Å². The molecule has 0 unspecified atom stereocenters. The molecule has 0 saturated heterocycles. The highest BCUT2D eigenvalue weighted by Gasteiger charge is 2.06. The maximum atomic E-state index is 5.30. The quantitative estimate of drug-likeness (QED) is 0.626. The summed E-state index contributed by atoms with van der Waals surface area (Å²) in [4.78, 5) is 0. The molecule has 0 spiro atoms. The first-order valence-electron chi connectivity index (χ1n) is 3.10. The summed E-state index contributed by atoms with van der Waals surface area (Å²) >= 11 is 0. The van der Waals surface area contributed by atoms with Gasteiger partial charge in [-0.25, -0.2) is 0 Å². The molecule has 0 aliphatic carbocycles. The van der Waals surface area contributed by atoms with Gasteiger partial charge < -0.3 is 14.6 Å². The largest absolute Gasteiger partial charge is 0.400 e. The molecule has 0 fully saturated rings. The molecule has 0 heterocycles. The molecule has 0 aromatic rings. The highest BCUT2D eigenvalue weighted by atomic mass is 35.5. The van der Waals surface area contributed by atoms with Gasteiger partial charge in [-0.2, -0.15) is 0 Å². The highest BCUT2D eigenvalue weighted by molar-refractivity contribution is 6.44. The van der Waals surface area contributed by atoms with Gasteiger partial charge in [0.15, 0.2) is 0 Å². The highest BCUT2D eigenvalue weighted by Crippen LogP contribution is 1.96. The Morgan fingerprint density at radius 2 is 1.80 bits per heavy atom. The van der Waals surface area contributed by atoms with E-state index < -0.39 is 9.28 Å². The van der Waals surface area contributed by atoms with E-state index in [1.807, 2.05) is 0 Å². The number of nitrogens with two attached hydrogens (primary N) is 1. The first kappa shape index (κ1) is 13.0. The van der Waals surface area contributed by atoms with E-state index in [0.29, 0.717) is 0 Å². The van der Waals surface area contributed by atoms with E-state index in [-0.39, 0.29) is 12.4 Å². The number of halogens is 1. The summed E-state index contributed by atoms with van der Waals surface area (Å²) in [6, 6.07) is 1.02. The molecular formula is C5H16ClNO2Si. The second-order valence-corrected chi connectivity index (χ2v) is 4.21. The van der Waals surface area contributed by atoms with Crippen molar-refractivity contribution in [1.29, 1.82) is 0 Å². The molecular weight excluding hydrogens is 170 g/mol. The molecule has 0 aliphatic heterocycles. The Balaban J connectivity index is 0. The minimum Gasteiger partial charge on any atom is -0.400 e. The Bertz CT molecular complexity index is 63.6. The fraction of sp³-hybridized carbons (Fsp3) is 1.00. The van der Waals surface area contributed by atoms with Crippen LogP contribution in [0, 0.1) is 0 Å². The molecule has 3 nitrogen and oxygen atoms in total.